The van der Waals surface area contributed by atoms with Gasteiger partial charge in [-0.25, -0.2) is 0 Å². The second-order valence-corrected chi connectivity index (χ2v) is 5.21. The minimum Gasteiger partial charge on any atom is -0.298 e. The normalized spacial score (nSPS) is 22.1. The molecule has 0 aliphatic heterocycles. The lowest BCUT2D eigenvalue weighted by atomic mass is 10.0. The van der Waals surface area contributed by atoms with Crippen molar-refractivity contribution in [2.45, 2.75) is 38.3 Å². The Bertz CT molecular complexity index is 418. The van der Waals surface area contributed by atoms with E-state index in [0.29, 0.717) is 5.78 Å². The highest BCUT2D eigenvalue weighted by Crippen LogP contribution is 2.28. The van der Waals surface area contributed by atoms with E-state index in [9.17, 15) is 4.79 Å². The Morgan fingerprint density at radius 1 is 1.47 bits per heavy atom. The summed E-state index contributed by atoms with van der Waals surface area (Å²) in [4.78, 5) is 13.9. The highest BCUT2D eigenvalue weighted by Gasteiger charge is 2.30. The van der Waals surface area contributed by atoms with Gasteiger partial charge in [0.25, 0.3) is 0 Å². The van der Waals surface area contributed by atoms with Crippen molar-refractivity contribution in [3.8, 4) is 0 Å². The van der Waals surface area contributed by atoms with Crippen LogP contribution in [0.15, 0.2) is 24.3 Å². The molecule has 0 heterocycles. The van der Waals surface area contributed by atoms with Crippen molar-refractivity contribution in [2.75, 3.05) is 7.05 Å². The maximum atomic E-state index is 11.8. The van der Waals surface area contributed by atoms with Gasteiger partial charge in [-0.3, -0.25) is 9.69 Å². The molecule has 1 aliphatic carbocycles. The molecule has 0 aromatic heterocycles. The van der Waals surface area contributed by atoms with Crippen molar-refractivity contribution >= 4 is 17.4 Å². The quantitative estimate of drug-likeness (QED) is 0.820. The third kappa shape index (κ3) is 2.70. The van der Waals surface area contributed by atoms with E-state index in [0.717, 1.165) is 24.3 Å². The summed E-state index contributed by atoms with van der Waals surface area (Å²) in [5.74, 6) is 0.376. The summed E-state index contributed by atoms with van der Waals surface area (Å²) >= 11 is 6.00. The Morgan fingerprint density at radius 3 is 2.82 bits per heavy atom. The number of nitrogens with zero attached hydrogens (tertiary/aromatic N) is 1. The maximum Gasteiger partial charge on any atom is 0.149 e. The van der Waals surface area contributed by atoms with Gasteiger partial charge in [0.2, 0.25) is 0 Å². The zero-order valence-corrected chi connectivity index (χ0v) is 11.1. The first kappa shape index (κ1) is 12.6. The number of hydrogen-bond acceptors (Lipinski definition) is 2. The molecular weight excluding hydrogens is 234 g/mol. The van der Waals surface area contributed by atoms with E-state index < -0.39 is 0 Å². The van der Waals surface area contributed by atoms with Crippen LogP contribution >= 0.6 is 11.6 Å². The molecule has 0 amide bonds. The summed E-state index contributed by atoms with van der Waals surface area (Å²) in [7, 11) is 2.03. The van der Waals surface area contributed by atoms with Crippen molar-refractivity contribution in [3.63, 3.8) is 0 Å². The SMILES string of the molecule is CC(c1cccc(Cl)c1)N(C)C1CCCC1=O. The Hall–Kier alpha value is -0.860. The summed E-state index contributed by atoms with van der Waals surface area (Å²) < 4.78 is 0. The first-order valence-corrected chi connectivity index (χ1v) is 6.47. The summed E-state index contributed by atoms with van der Waals surface area (Å²) in [5, 5.41) is 0.750. The Balaban J connectivity index is 2.14. The molecule has 1 saturated carbocycles. The zero-order valence-electron chi connectivity index (χ0n) is 10.3. The van der Waals surface area contributed by atoms with E-state index in [2.05, 4.69) is 17.9 Å². The molecule has 2 nitrogen and oxygen atoms in total. The molecule has 17 heavy (non-hydrogen) atoms. The monoisotopic (exact) mass is 251 g/mol. The molecule has 0 bridgehead atoms. The van der Waals surface area contributed by atoms with Crippen LogP contribution in [0.4, 0.5) is 0 Å². The average molecular weight is 252 g/mol. The van der Waals surface area contributed by atoms with E-state index in [1.165, 1.54) is 5.56 Å². The summed E-state index contributed by atoms with van der Waals surface area (Å²) in [6.07, 6.45) is 2.74. The molecule has 0 radical (unpaired) electrons. The van der Waals surface area contributed by atoms with E-state index in [-0.39, 0.29) is 12.1 Å². The van der Waals surface area contributed by atoms with Gasteiger partial charge in [-0.15, -0.1) is 0 Å². The van der Waals surface area contributed by atoms with Gasteiger partial charge in [-0.2, -0.15) is 0 Å². The molecule has 0 N–H and O–H groups in total. The number of likely N-dealkylation sites (N-methyl/N-ethyl adjacent to an activating group) is 1. The second-order valence-electron chi connectivity index (χ2n) is 4.77. The Morgan fingerprint density at radius 2 is 2.24 bits per heavy atom. The van der Waals surface area contributed by atoms with Crippen LogP contribution in [0, 0.1) is 0 Å². The van der Waals surface area contributed by atoms with Crippen LogP contribution in [0.5, 0.6) is 0 Å². The minimum absolute atomic E-state index is 0.0870. The predicted octanol–water partition coefficient (Wildman–Crippen LogP) is 3.45. The van der Waals surface area contributed by atoms with E-state index in [1.807, 2.05) is 25.2 Å². The molecule has 3 heteroatoms. The van der Waals surface area contributed by atoms with Gasteiger partial charge in [0.15, 0.2) is 0 Å². The van der Waals surface area contributed by atoms with Crippen LogP contribution in [-0.4, -0.2) is 23.8 Å². The third-order valence-corrected chi connectivity index (χ3v) is 3.94. The number of carbonyl (C=O) groups is 1. The average Bonchev–Trinajstić information content (AvgIpc) is 2.73. The van der Waals surface area contributed by atoms with E-state index in [4.69, 9.17) is 11.6 Å². The van der Waals surface area contributed by atoms with E-state index >= 15 is 0 Å². The van der Waals surface area contributed by atoms with Crippen LogP contribution in [-0.2, 0) is 4.79 Å². The molecule has 1 aliphatic rings. The largest absolute Gasteiger partial charge is 0.298 e. The lowest BCUT2D eigenvalue weighted by molar-refractivity contribution is -0.122. The molecular formula is C14H18ClNO. The van der Waals surface area contributed by atoms with Gasteiger partial charge in [0.05, 0.1) is 6.04 Å². The van der Waals surface area contributed by atoms with Crippen molar-refractivity contribution in [1.29, 1.82) is 0 Å². The van der Waals surface area contributed by atoms with Gasteiger partial charge < -0.3 is 0 Å². The first-order chi connectivity index (χ1) is 8.09. The number of Topliss-reactive ketones (excluding diaryl/α,β-unsaturated/α-hetero) is 1. The van der Waals surface area contributed by atoms with Crippen molar-refractivity contribution in [3.05, 3.63) is 34.9 Å². The number of ketones is 1. The number of rotatable bonds is 3. The second kappa shape index (κ2) is 5.19. The number of hydrogen-bond donors (Lipinski definition) is 0. The first-order valence-electron chi connectivity index (χ1n) is 6.09. The number of halogens is 1. The summed E-state index contributed by atoms with van der Waals surface area (Å²) in [6.45, 7) is 2.12. The summed E-state index contributed by atoms with van der Waals surface area (Å²) in [5.41, 5.74) is 1.17. The van der Waals surface area contributed by atoms with Crippen LogP contribution in [0.1, 0.15) is 37.8 Å². The van der Waals surface area contributed by atoms with Gasteiger partial charge in [-0.1, -0.05) is 23.7 Å². The van der Waals surface area contributed by atoms with Gasteiger partial charge in [0, 0.05) is 17.5 Å². The molecule has 1 fully saturated rings. The van der Waals surface area contributed by atoms with Crippen molar-refractivity contribution in [2.24, 2.45) is 0 Å². The van der Waals surface area contributed by atoms with Crippen molar-refractivity contribution in [1.82, 2.24) is 4.90 Å². The molecule has 1 aromatic carbocycles. The maximum absolute atomic E-state index is 11.8. The topological polar surface area (TPSA) is 20.3 Å². The Labute approximate surface area is 108 Å². The molecule has 92 valence electrons. The van der Waals surface area contributed by atoms with Gasteiger partial charge in [-0.05, 0) is 44.5 Å². The summed E-state index contributed by atoms with van der Waals surface area (Å²) in [6, 6.07) is 8.18. The highest BCUT2D eigenvalue weighted by atomic mass is 35.5. The number of carbonyl (C=O) groups excluding carboxylic acids is 1. The minimum atomic E-state index is 0.0870. The van der Waals surface area contributed by atoms with Crippen LogP contribution in [0.2, 0.25) is 5.02 Å². The molecule has 2 atom stereocenters. The lowest BCUT2D eigenvalue weighted by Crippen LogP contribution is -2.36. The van der Waals surface area contributed by atoms with Crippen molar-refractivity contribution < 1.29 is 4.79 Å². The molecule has 1 aromatic rings. The third-order valence-electron chi connectivity index (χ3n) is 3.71. The lowest BCUT2D eigenvalue weighted by Gasteiger charge is -2.30. The Kier molecular flexibility index (Phi) is 3.85. The van der Waals surface area contributed by atoms with E-state index in [1.54, 1.807) is 0 Å². The molecule has 2 rings (SSSR count). The fourth-order valence-corrected chi connectivity index (χ4v) is 2.70. The molecule has 2 unspecified atom stereocenters. The molecule has 0 saturated heterocycles. The van der Waals surface area contributed by atoms with Crippen LogP contribution in [0.3, 0.4) is 0 Å². The van der Waals surface area contributed by atoms with Crippen LogP contribution < -0.4 is 0 Å². The predicted molar refractivity (Wildman–Crippen MR) is 70.3 cm³/mol. The van der Waals surface area contributed by atoms with Gasteiger partial charge >= 0.3 is 0 Å². The highest BCUT2D eigenvalue weighted by molar-refractivity contribution is 6.30. The fourth-order valence-electron chi connectivity index (χ4n) is 2.50. The molecule has 0 spiro atoms. The zero-order chi connectivity index (χ0) is 12.4. The standard InChI is InChI=1S/C14H18ClNO/c1-10(11-5-3-6-12(15)9-11)16(2)13-7-4-8-14(13)17/h3,5-6,9-10,13H,4,7-8H2,1-2H3. The fraction of sp³-hybridized carbons (Fsp3) is 0.500. The van der Waals surface area contributed by atoms with Crippen LogP contribution in [0.25, 0.3) is 0 Å². The number of benzene rings is 1. The smallest absolute Gasteiger partial charge is 0.149 e. The van der Waals surface area contributed by atoms with Gasteiger partial charge in [0.1, 0.15) is 5.78 Å².